The van der Waals surface area contributed by atoms with Crippen molar-refractivity contribution in [2.45, 2.75) is 19.9 Å². The van der Waals surface area contributed by atoms with Crippen molar-refractivity contribution in [1.82, 2.24) is 5.32 Å². The molecule has 0 aliphatic heterocycles. The highest BCUT2D eigenvalue weighted by Crippen LogP contribution is 2.23. The number of rotatable bonds is 5. The SMILES string of the molecule is Cc1cccc(OCC(=O)NC(C)c2cc3ccccc3o2)c1. The number of furan rings is 1. The van der Waals surface area contributed by atoms with Gasteiger partial charge in [0.2, 0.25) is 0 Å². The van der Waals surface area contributed by atoms with Crippen LogP contribution in [-0.2, 0) is 4.79 Å². The van der Waals surface area contributed by atoms with Gasteiger partial charge in [-0.25, -0.2) is 0 Å². The van der Waals surface area contributed by atoms with Gasteiger partial charge in [-0.15, -0.1) is 0 Å². The first-order valence-corrected chi connectivity index (χ1v) is 7.59. The first-order chi connectivity index (χ1) is 11.1. The van der Waals surface area contributed by atoms with Crippen molar-refractivity contribution in [3.8, 4) is 5.75 Å². The molecule has 1 heterocycles. The van der Waals surface area contributed by atoms with Gasteiger partial charge in [0.05, 0.1) is 6.04 Å². The number of benzene rings is 2. The fourth-order valence-corrected chi connectivity index (χ4v) is 2.42. The Morgan fingerprint density at radius 1 is 1.17 bits per heavy atom. The van der Waals surface area contributed by atoms with Gasteiger partial charge in [-0.3, -0.25) is 4.79 Å². The highest BCUT2D eigenvalue weighted by Gasteiger charge is 2.14. The van der Waals surface area contributed by atoms with Crippen LogP contribution >= 0.6 is 0 Å². The third-order valence-electron chi connectivity index (χ3n) is 3.61. The molecule has 0 aliphatic carbocycles. The zero-order valence-electron chi connectivity index (χ0n) is 13.2. The minimum absolute atomic E-state index is 0.0198. The van der Waals surface area contributed by atoms with E-state index in [1.54, 1.807) is 0 Å². The number of ether oxygens (including phenoxy) is 1. The van der Waals surface area contributed by atoms with Crippen molar-refractivity contribution in [1.29, 1.82) is 0 Å². The molecule has 1 aromatic heterocycles. The molecule has 0 saturated carbocycles. The summed E-state index contributed by atoms with van der Waals surface area (Å²) in [7, 11) is 0. The molecule has 118 valence electrons. The zero-order valence-corrected chi connectivity index (χ0v) is 13.2. The van der Waals surface area contributed by atoms with Crippen molar-refractivity contribution in [2.24, 2.45) is 0 Å². The van der Waals surface area contributed by atoms with Crippen LogP contribution in [0.4, 0.5) is 0 Å². The molecule has 4 heteroatoms. The fraction of sp³-hybridized carbons (Fsp3) is 0.211. The Kier molecular flexibility index (Phi) is 4.33. The molecular weight excluding hydrogens is 290 g/mol. The van der Waals surface area contributed by atoms with Gasteiger partial charge in [-0.2, -0.15) is 0 Å². The lowest BCUT2D eigenvalue weighted by molar-refractivity contribution is -0.123. The van der Waals surface area contributed by atoms with E-state index in [1.807, 2.05) is 68.4 Å². The summed E-state index contributed by atoms with van der Waals surface area (Å²) >= 11 is 0. The lowest BCUT2D eigenvalue weighted by Crippen LogP contribution is -2.31. The van der Waals surface area contributed by atoms with Gasteiger partial charge < -0.3 is 14.5 Å². The van der Waals surface area contributed by atoms with Gasteiger partial charge in [-0.1, -0.05) is 30.3 Å². The minimum Gasteiger partial charge on any atom is -0.484 e. The van der Waals surface area contributed by atoms with Crippen LogP contribution in [0.15, 0.2) is 59.0 Å². The first kappa shape index (κ1) is 15.2. The Morgan fingerprint density at radius 2 is 2.00 bits per heavy atom. The number of carbonyl (C=O) groups excluding carboxylic acids is 1. The normalized spacial score (nSPS) is 12.1. The fourth-order valence-electron chi connectivity index (χ4n) is 2.42. The number of aryl methyl sites for hydroxylation is 1. The van der Waals surface area contributed by atoms with Crippen LogP contribution < -0.4 is 10.1 Å². The highest BCUT2D eigenvalue weighted by atomic mass is 16.5. The Bertz CT molecular complexity index is 789. The molecule has 1 N–H and O–H groups in total. The lowest BCUT2D eigenvalue weighted by atomic mass is 10.2. The molecule has 2 aromatic carbocycles. The Hall–Kier alpha value is -2.75. The van der Waals surface area contributed by atoms with Crippen molar-refractivity contribution < 1.29 is 13.9 Å². The van der Waals surface area contributed by atoms with Crippen LogP contribution in [0.25, 0.3) is 11.0 Å². The number of carbonyl (C=O) groups is 1. The van der Waals surface area contributed by atoms with Gasteiger partial charge in [0.25, 0.3) is 5.91 Å². The van der Waals surface area contributed by atoms with Crippen LogP contribution in [0, 0.1) is 6.92 Å². The maximum atomic E-state index is 12.0. The summed E-state index contributed by atoms with van der Waals surface area (Å²) < 4.78 is 11.3. The van der Waals surface area contributed by atoms with Crippen LogP contribution in [0.2, 0.25) is 0 Å². The van der Waals surface area contributed by atoms with E-state index < -0.39 is 0 Å². The van der Waals surface area contributed by atoms with Gasteiger partial charge in [0, 0.05) is 5.39 Å². The monoisotopic (exact) mass is 309 g/mol. The Labute approximate surface area is 135 Å². The number of hydrogen-bond acceptors (Lipinski definition) is 3. The van der Waals surface area contributed by atoms with Crippen molar-refractivity contribution in [3.05, 3.63) is 65.9 Å². The average molecular weight is 309 g/mol. The van der Waals surface area contributed by atoms with Crippen LogP contribution in [-0.4, -0.2) is 12.5 Å². The molecule has 4 nitrogen and oxygen atoms in total. The van der Waals surface area contributed by atoms with E-state index in [9.17, 15) is 4.79 Å². The highest BCUT2D eigenvalue weighted by molar-refractivity contribution is 5.79. The summed E-state index contributed by atoms with van der Waals surface area (Å²) in [6.45, 7) is 3.85. The molecule has 0 saturated heterocycles. The molecule has 1 unspecified atom stereocenters. The van der Waals surface area contributed by atoms with E-state index in [0.29, 0.717) is 5.75 Å². The third kappa shape index (κ3) is 3.72. The second-order valence-corrected chi connectivity index (χ2v) is 5.58. The number of para-hydroxylation sites is 1. The van der Waals surface area contributed by atoms with E-state index in [1.165, 1.54) is 0 Å². The summed E-state index contributed by atoms with van der Waals surface area (Å²) in [6.07, 6.45) is 0. The van der Waals surface area contributed by atoms with Crippen LogP contribution in [0.1, 0.15) is 24.3 Å². The maximum Gasteiger partial charge on any atom is 0.258 e. The summed E-state index contributed by atoms with van der Waals surface area (Å²) in [5.41, 5.74) is 1.91. The molecule has 3 aromatic rings. The van der Waals surface area contributed by atoms with E-state index in [4.69, 9.17) is 9.15 Å². The predicted octanol–water partition coefficient (Wildman–Crippen LogP) is 4.00. The van der Waals surface area contributed by atoms with E-state index >= 15 is 0 Å². The summed E-state index contributed by atoms with van der Waals surface area (Å²) in [5, 5.41) is 3.91. The van der Waals surface area contributed by atoms with Crippen molar-refractivity contribution >= 4 is 16.9 Å². The van der Waals surface area contributed by atoms with Crippen molar-refractivity contribution in [3.63, 3.8) is 0 Å². The topological polar surface area (TPSA) is 51.5 Å². The second-order valence-electron chi connectivity index (χ2n) is 5.58. The average Bonchev–Trinajstić information content (AvgIpc) is 2.97. The van der Waals surface area contributed by atoms with E-state index in [-0.39, 0.29) is 18.6 Å². The lowest BCUT2D eigenvalue weighted by Gasteiger charge is -2.12. The van der Waals surface area contributed by atoms with Crippen LogP contribution in [0.5, 0.6) is 5.75 Å². The minimum atomic E-state index is -0.212. The zero-order chi connectivity index (χ0) is 16.2. The number of amides is 1. The molecule has 1 atom stereocenters. The quantitative estimate of drug-likeness (QED) is 0.775. The summed E-state index contributed by atoms with van der Waals surface area (Å²) in [6, 6.07) is 17.1. The van der Waals surface area contributed by atoms with Crippen LogP contribution in [0.3, 0.4) is 0 Å². The molecule has 23 heavy (non-hydrogen) atoms. The molecule has 0 radical (unpaired) electrons. The van der Waals surface area contributed by atoms with E-state index in [2.05, 4.69) is 5.32 Å². The third-order valence-corrected chi connectivity index (χ3v) is 3.61. The Morgan fingerprint density at radius 3 is 2.78 bits per heavy atom. The maximum absolute atomic E-state index is 12.0. The van der Waals surface area contributed by atoms with Gasteiger partial charge in [-0.05, 0) is 43.7 Å². The molecule has 3 rings (SSSR count). The molecule has 0 bridgehead atoms. The number of hydrogen-bond donors (Lipinski definition) is 1. The summed E-state index contributed by atoms with van der Waals surface area (Å²) in [5.74, 6) is 1.24. The smallest absolute Gasteiger partial charge is 0.258 e. The van der Waals surface area contributed by atoms with Gasteiger partial charge in [0.15, 0.2) is 6.61 Å². The first-order valence-electron chi connectivity index (χ1n) is 7.59. The standard InChI is InChI=1S/C19H19NO3/c1-13-6-5-8-16(10-13)22-12-19(21)20-14(2)18-11-15-7-3-4-9-17(15)23-18/h3-11,14H,12H2,1-2H3,(H,20,21). The number of fused-ring (bicyclic) bond motifs is 1. The Balaban J connectivity index is 1.58. The number of nitrogens with one attached hydrogen (secondary N) is 1. The molecule has 0 fully saturated rings. The molecular formula is C19H19NO3. The second kappa shape index (κ2) is 6.57. The molecule has 0 spiro atoms. The van der Waals surface area contributed by atoms with Crippen molar-refractivity contribution in [2.75, 3.05) is 6.61 Å². The van der Waals surface area contributed by atoms with Gasteiger partial charge in [0.1, 0.15) is 17.1 Å². The summed E-state index contributed by atoms with van der Waals surface area (Å²) in [4.78, 5) is 12.0. The van der Waals surface area contributed by atoms with E-state index in [0.717, 1.165) is 22.3 Å². The predicted molar refractivity (Wildman–Crippen MR) is 89.4 cm³/mol. The molecule has 0 aliphatic rings. The van der Waals surface area contributed by atoms with Gasteiger partial charge >= 0.3 is 0 Å². The largest absolute Gasteiger partial charge is 0.484 e. The molecule has 1 amide bonds.